The van der Waals surface area contributed by atoms with Gasteiger partial charge in [0.1, 0.15) is 0 Å². The van der Waals surface area contributed by atoms with Crippen LogP contribution in [0, 0.1) is 0 Å². The normalized spacial score (nSPS) is 20.0. The van der Waals surface area contributed by atoms with Gasteiger partial charge in [-0.1, -0.05) is 35.8 Å². The molecule has 21 heavy (non-hydrogen) atoms. The van der Waals surface area contributed by atoms with Gasteiger partial charge in [-0.25, -0.2) is 0 Å². The number of nitrogens with one attached hydrogen (secondary N) is 1. The van der Waals surface area contributed by atoms with Crippen LogP contribution in [-0.2, 0) is 6.54 Å². The first kappa shape index (κ1) is 16.8. The maximum absolute atomic E-state index is 3.73. The summed E-state index contributed by atoms with van der Waals surface area (Å²) >= 11 is 3.73. The van der Waals surface area contributed by atoms with E-state index in [0.29, 0.717) is 6.04 Å². The summed E-state index contributed by atoms with van der Waals surface area (Å²) in [6.07, 6.45) is 2.39. The van der Waals surface area contributed by atoms with E-state index in [2.05, 4.69) is 70.1 Å². The van der Waals surface area contributed by atoms with Gasteiger partial charge in [-0.2, -0.15) is 0 Å². The van der Waals surface area contributed by atoms with E-state index in [1.54, 1.807) is 0 Å². The van der Waals surface area contributed by atoms with Crippen LogP contribution < -0.4 is 10.2 Å². The second kappa shape index (κ2) is 8.16. The molecule has 1 N–H and O–H groups in total. The van der Waals surface area contributed by atoms with E-state index in [0.717, 1.165) is 32.7 Å². The van der Waals surface area contributed by atoms with Crippen LogP contribution in [0.25, 0.3) is 0 Å². The number of hydrogen-bond donors (Lipinski definition) is 1. The molecule has 0 amide bonds. The number of benzene rings is 1. The van der Waals surface area contributed by atoms with Crippen LogP contribution in [0.15, 0.2) is 22.7 Å². The van der Waals surface area contributed by atoms with Gasteiger partial charge >= 0.3 is 0 Å². The van der Waals surface area contributed by atoms with Crippen LogP contribution in [0.4, 0.5) is 5.69 Å². The van der Waals surface area contributed by atoms with Crippen LogP contribution in [0.3, 0.4) is 0 Å². The van der Waals surface area contributed by atoms with Gasteiger partial charge in [0.25, 0.3) is 0 Å². The molecule has 1 aliphatic rings. The van der Waals surface area contributed by atoms with Gasteiger partial charge in [0, 0.05) is 42.4 Å². The van der Waals surface area contributed by atoms with Gasteiger partial charge in [-0.05, 0) is 44.1 Å². The molecule has 1 fully saturated rings. The molecule has 1 atom stereocenters. The minimum Gasteiger partial charge on any atom is -0.369 e. The lowest BCUT2D eigenvalue weighted by atomic mass is 10.1. The molecule has 0 aliphatic carbocycles. The molecule has 1 unspecified atom stereocenters. The van der Waals surface area contributed by atoms with Crippen molar-refractivity contribution in [1.29, 1.82) is 0 Å². The lowest BCUT2D eigenvalue weighted by molar-refractivity contribution is 0.213. The Morgan fingerprint density at radius 3 is 2.76 bits per heavy atom. The van der Waals surface area contributed by atoms with E-state index in [1.165, 1.54) is 28.6 Å². The minimum absolute atomic E-state index is 0.670. The lowest BCUT2D eigenvalue weighted by Crippen LogP contribution is -2.51. The zero-order valence-corrected chi connectivity index (χ0v) is 15.1. The molecule has 2 rings (SSSR count). The summed E-state index contributed by atoms with van der Waals surface area (Å²) in [7, 11) is 2.24. The van der Waals surface area contributed by atoms with Crippen LogP contribution in [0.1, 0.15) is 32.3 Å². The molecule has 1 aromatic carbocycles. The van der Waals surface area contributed by atoms with Crippen molar-refractivity contribution >= 4 is 21.6 Å². The van der Waals surface area contributed by atoms with Crippen molar-refractivity contribution < 1.29 is 0 Å². The third-order valence-electron chi connectivity index (χ3n) is 4.39. The summed E-state index contributed by atoms with van der Waals surface area (Å²) in [6.45, 7) is 9.89. The Morgan fingerprint density at radius 1 is 1.29 bits per heavy atom. The number of piperazine rings is 1. The predicted octanol–water partition coefficient (Wildman–Crippen LogP) is 3.48. The first-order chi connectivity index (χ1) is 10.2. The van der Waals surface area contributed by atoms with Gasteiger partial charge in [0.2, 0.25) is 0 Å². The fraction of sp³-hybridized carbons (Fsp3) is 0.647. The molecule has 0 spiro atoms. The van der Waals surface area contributed by atoms with E-state index in [4.69, 9.17) is 0 Å². The molecule has 0 bridgehead atoms. The Balaban J connectivity index is 2.02. The Labute approximate surface area is 137 Å². The molecule has 1 heterocycles. The van der Waals surface area contributed by atoms with Crippen molar-refractivity contribution in [2.24, 2.45) is 0 Å². The smallest absolute Gasteiger partial charge is 0.0378 e. The van der Waals surface area contributed by atoms with Crippen LogP contribution in [0.5, 0.6) is 0 Å². The van der Waals surface area contributed by atoms with Crippen LogP contribution in [0.2, 0.25) is 0 Å². The predicted molar refractivity (Wildman–Crippen MR) is 95.1 cm³/mol. The third kappa shape index (κ3) is 4.44. The molecule has 0 saturated carbocycles. The Bertz CT molecular complexity index is 450. The first-order valence-corrected chi connectivity index (χ1v) is 8.89. The topological polar surface area (TPSA) is 18.5 Å². The van der Waals surface area contributed by atoms with Crippen molar-refractivity contribution in [3.8, 4) is 0 Å². The molecule has 1 aromatic rings. The number of nitrogens with zero attached hydrogens (tertiary/aromatic N) is 2. The Hall–Kier alpha value is -0.580. The van der Waals surface area contributed by atoms with E-state index in [-0.39, 0.29) is 0 Å². The first-order valence-electron chi connectivity index (χ1n) is 8.10. The third-order valence-corrected chi connectivity index (χ3v) is 5.13. The fourth-order valence-electron chi connectivity index (χ4n) is 2.90. The average molecular weight is 354 g/mol. The summed E-state index contributed by atoms with van der Waals surface area (Å²) < 4.78 is 1.22. The molecule has 0 radical (unpaired) electrons. The van der Waals surface area contributed by atoms with Gasteiger partial charge in [-0.15, -0.1) is 0 Å². The number of hydrogen-bond acceptors (Lipinski definition) is 3. The quantitative estimate of drug-likeness (QED) is 0.789. The van der Waals surface area contributed by atoms with Gasteiger partial charge in [0.05, 0.1) is 0 Å². The van der Waals surface area contributed by atoms with Gasteiger partial charge < -0.3 is 10.2 Å². The highest BCUT2D eigenvalue weighted by atomic mass is 79.9. The molecule has 3 nitrogen and oxygen atoms in total. The highest BCUT2D eigenvalue weighted by molar-refractivity contribution is 9.10. The number of likely N-dealkylation sites (N-methyl/N-ethyl adjacent to an activating group) is 1. The summed E-state index contributed by atoms with van der Waals surface area (Å²) in [5, 5.41) is 3.46. The van der Waals surface area contributed by atoms with E-state index < -0.39 is 0 Å². The SMILES string of the molecule is CCCNCc1ccc(N2CCN(C)C(CC)C2)cc1Br. The molecule has 0 aromatic heterocycles. The average Bonchev–Trinajstić information content (AvgIpc) is 2.49. The zero-order valence-electron chi connectivity index (χ0n) is 13.5. The van der Waals surface area contributed by atoms with Crippen LogP contribution in [-0.4, -0.2) is 44.2 Å². The Morgan fingerprint density at radius 2 is 2.10 bits per heavy atom. The molecule has 4 heteroatoms. The highest BCUT2D eigenvalue weighted by Gasteiger charge is 2.23. The van der Waals surface area contributed by atoms with Crippen molar-refractivity contribution in [3.63, 3.8) is 0 Å². The minimum atomic E-state index is 0.670. The molecule has 1 aliphatic heterocycles. The molecule has 1 saturated heterocycles. The number of halogens is 1. The highest BCUT2D eigenvalue weighted by Crippen LogP contribution is 2.26. The molecular weight excluding hydrogens is 326 g/mol. The summed E-state index contributed by atoms with van der Waals surface area (Å²) in [4.78, 5) is 5.00. The van der Waals surface area contributed by atoms with Gasteiger partial charge in [0.15, 0.2) is 0 Å². The summed E-state index contributed by atoms with van der Waals surface area (Å²) in [6, 6.07) is 7.47. The maximum Gasteiger partial charge on any atom is 0.0378 e. The standard InChI is InChI=1S/C17H28BrN3/c1-4-8-19-12-14-6-7-16(11-17(14)18)21-10-9-20(3)15(5-2)13-21/h6-7,11,15,19H,4-5,8-10,12-13H2,1-3H3. The second-order valence-corrected chi connectivity index (χ2v) is 6.80. The fourth-order valence-corrected chi connectivity index (χ4v) is 3.40. The second-order valence-electron chi connectivity index (χ2n) is 5.94. The maximum atomic E-state index is 3.73. The number of anilines is 1. The van der Waals surface area contributed by atoms with Crippen molar-refractivity contribution in [1.82, 2.24) is 10.2 Å². The lowest BCUT2D eigenvalue weighted by Gasteiger charge is -2.40. The monoisotopic (exact) mass is 353 g/mol. The summed E-state index contributed by atoms with van der Waals surface area (Å²) in [5.41, 5.74) is 2.68. The van der Waals surface area contributed by atoms with Crippen molar-refractivity contribution in [2.75, 3.05) is 38.1 Å². The van der Waals surface area contributed by atoms with E-state index in [1.807, 2.05) is 0 Å². The molecular formula is C17H28BrN3. The Kier molecular flexibility index (Phi) is 6.52. The van der Waals surface area contributed by atoms with Crippen molar-refractivity contribution in [2.45, 2.75) is 39.3 Å². The summed E-state index contributed by atoms with van der Waals surface area (Å²) in [5.74, 6) is 0. The van der Waals surface area contributed by atoms with E-state index in [9.17, 15) is 0 Å². The van der Waals surface area contributed by atoms with Crippen LogP contribution >= 0.6 is 15.9 Å². The van der Waals surface area contributed by atoms with Crippen molar-refractivity contribution in [3.05, 3.63) is 28.2 Å². The largest absolute Gasteiger partial charge is 0.369 e. The zero-order chi connectivity index (χ0) is 15.2. The van der Waals surface area contributed by atoms with Gasteiger partial charge in [-0.3, -0.25) is 4.90 Å². The number of rotatable bonds is 6. The molecule has 118 valence electrons. The van der Waals surface area contributed by atoms with E-state index >= 15 is 0 Å².